The molecule has 5 nitrogen and oxygen atoms in total. The van der Waals surface area contributed by atoms with E-state index in [0.29, 0.717) is 35.9 Å². The molecule has 0 aromatic heterocycles. The van der Waals surface area contributed by atoms with Crippen molar-refractivity contribution in [3.05, 3.63) is 95.6 Å². The Balaban J connectivity index is 1.26. The minimum atomic E-state index is -0.651. The average molecular weight is 460 g/mol. The molecule has 1 aliphatic rings. The lowest BCUT2D eigenvalue weighted by atomic mass is 9.88. The second kappa shape index (κ2) is 10.9. The van der Waals surface area contributed by atoms with Gasteiger partial charge in [0.15, 0.2) is 5.78 Å². The molecule has 0 bridgehead atoms. The molecule has 0 fully saturated rings. The van der Waals surface area contributed by atoms with Crippen molar-refractivity contribution in [3.63, 3.8) is 0 Å². The number of carbonyl (C=O) groups excluding carboxylic acids is 1. The van der Waals surface area contributed by atoms with E-state index >= 15 is 0 Å². The molecular formula is C29H33NO4. The Morgan fingerprint density at radius 2 is 1.65 bits per heavy atom. The van der Waals surface area contributed by atoms with E-state index in [9.17, 15) is 9.90 Å². The first kappa shape index (κ1) is 24.0. The first-order valence-corrected chi connectivity index (χ1v) is 11.9. The molecule has 0 amide bonds. The Kier molecular flexibility index (Phi) is 7.66. The van der Waals surface area contributed by atoms with Crippen molar-refractivity contribution in [1.82, 2.24) is 5.32 Å². The summed E-state index contributed by atoms with van der Waals surface area (Å²) in [5.41, 5.74) is 2.63. The van der Waals surface area contributed by atoms with Crippen molar-refractivity contribution < 1.29 is 19.4 Å². The van der Waals surface area contributed by atoms with Crippen LogP contribution in [-0.4, -0.2) is 42.3 Å². The van der Waals surface area contributed by atoms with Gasteiger partial charge in [-0.25, -0.2) is 0 Å². The number of hydrogen-bond acceptors (Lipinski definition) is 5. The van der Waals surface area contributed by atoms with E-state index in [0.717, 1.165) is 13.0 Å². The normalized spacial score (nSPS) is 15.5. The molecule has 0 spiro atoms. The lowest BCUT2D eigenvalue weighted by molar-refractivity contribution is 0.0615. The fourth-order valence-corrected chi connectivity index (χ4v) is 4.39. The number of rotatable bonds is 10. The van der Waals surface area contributed by atoms with E-state index in [1.54, 1.807) is 18.2 Å². The molecule has 1 aliphatic heterocycles. The maximum absolute atomic E-state index is 12.3. The summed E-state index contributed by atoms with van der Waals surface area (Å²) in [6.07, 6.45) is 0.634. The number of aliphatic hydroxyl groups excluding tert-OH is 1. The number of hydrogen-bond donors (Lipinski definition) is 2. The van der Waals surface area contributed by atoms with Crippen molar-refractivity contribution in [2.75, 3.05) is 19.7 Å². The molecule has 2 N–H and O–H groups in total. The maximum atomic E-state index is 12.3. The van der Waals surface area contributed by atoms with Gasteiger partial charge in [0.05, 0.1) is 12.0 Å². The lowest BCUT2D eigenvalue weighted by Gasteiger charge is -2.31. The van der Waals surface area contributed by atoms with Gasteiger partial charge in [-0.2, -0.15) is 0 Å². The number of ether oxygens (including phenoxy) is 2. The molecule has 4 rings (SSSR count). The number of ketones is 1. The molecule has 0 aliphatic carbocycles. The second-order valence-electron chi connectivity index (χ2n) is 9.45. The van der Waals surface area contributed by atoms with E-state index in [1.807, 2.05) is 26.0 Å². The van der Waals surface area contributed by atoms with Crippen LogP contribution in [0.2, 0.25) is 0 Å². The number of Topliss-reactive ketones (excluding diaryl/α,β-unsaturated/α-hetero) is 1. The third-order valence-corrected chi connectivity index (χ3v) is 6.06. The van der Waals surface area contributed by atoms with E-state index in [1.165, 1.54) is 11.1 Å². The minimum absolute atomic E-state index is 0.0753. The highest BCUT2D eigenvalue weighted by Gasteiger charge is 2.32. The van der Waals surface area contributed by atoms with Gasteiger partial charge in [-0.05, 0) is 50.1 Å². The third-order valence-electron chi connectivity index (χ3n) is 6.06. The molecule has 3 aromatic carbocycles. The van der Waals surface area contributed by atoms with Crippen LogP contribution in [0.5, 0.6) is 11.5 Å². The Morgan fingerprint density at radius 3 is 2.29 bits per heavy atom. The van der Waals surface area contributed by atoms with Crippen LogP contribution in [0.3, 0.4) is 0 Å². The van der Waals surface area contributed by atoms with Crippen LogP contribution in [0.25, 0.3) is 0 Å². The molecule has 5 heteroatoms. The fraction of sp³-hybridized carbons (Fsp3) is 0.345. The van der Waals surface area contributed by atoms with Crippen LogP contribution in [0.1, 0.15) is 54.1 Å². The Hall–Kier alpha value is -3.15. The summed E-state index contributed by atoms with van der Waals surface area (Å²) in [4.78, 5) is 12.3. The quantitative estimate of drug-likeness (QED) is 0.419. The van der Waals surface area contributed by atoms with Gasteiger partial charge in [-0.3, -0.25) is 4.79 Å². The summed E-state index contributed by atoms with van der Waals surface area (Å²) >= 11 is 0. The molecule has 34 heavy (non-hydrogen) atoms. The van der Waals surface area contributed by atoms with Gasteiger partial charge in [-0.1, -0.05) is 60.7 Å². The zero-order valence-electron chi connectivity index (χ0n) is 19.9. The molecule has 178 valence electrons. The smallest absolute Gasteiger partial charge is 0.170 e. The maximum Gasteiger partial charge on any atom is 0.170 e. The average Bonchev–Trinajstić information content (AvgIpc) is 2.83. The summed E-state index contributed by atoms with van der Waals surface area (Å²) < 4.78 is 11.7. The molecule has 0 unspecified atom stereocenters. The number of aliphatic hydroxyl groups is 1. The van der Waals surface area contributed by atoms with Gasteiger partial charge in [0.25, 0.3) is 0 Å². The molecule has 1 atom stereocenters. The van der Waals surface area contributed by atoms with Crippen molar-refractivity contribution >= 4 is 5.78 Å². The van der Waals surface area contributed by atoms with Crippen molar-refractivity contribution in [3.8, 4) is 11.5 Å². The van der Waals surface area contributed by atoms with Crippen LogP contribution in [0, 0.1) is 0 Å². The summed E-state index contributed by atoms with van der Waals surface area (Å²) in [6.45, 7) is 5.16. The van der Waals surface area contributed by atoms with Crippen LogP contribution in [0.4, 0.5) is 0 Å². The highest BCUT2D eigenvalue weighted by atomic mass is 16.5. The largest absolute Gasteiger partial charge is 0.491 e. The van der Waals surface area contributed by atoms with Crippen molar-refractivity contribution in [2.45, 2.75) is 44.3 Å². The summed E-state index contributed by atoms with van der Waals surface area (Å²) in [5, 5.41) is 13.8. The molecule has 3 aromatic rings. The molecule has 0 saturated heterocycles. The SMILES string of the molecule is CC1(C)CC(=O)c2ccc(OC[C@@H](O)CNCCC(c3ccccc3)c3ccccc3)cc2O1. The number of nitrogens with one attached hydrogen (secondary N) is 1. The first-order chi connectivity index (χ1) is 16.4. The summed E-state index contributed by atoms with van der Waals surface area (Å²) in [7, 11) is 0. The minimum Gasteiger partial charge on any atom is -0.491 e. The number of carbonyl (C=O) groups is 1. The summed E-state index contributed by atoms with van der Waals surface area (Å²) in [6, 6.07) is 26.2. The van der Waals surface area contributed by atoms with Crippen LogP contribution < -0.4 is 14.8 Å². The van der Waals surface area contributed by atoms with Crippen molar-refractivity contribution in [2.24, 2.45) is 0 Å². The van der Waals surface area contributed by atoms with Gasteiger partial charge >= 0.3 is 0 Å². The summed E-state index contributed by atoms with van der Waals surface area (Å²) in [5.74, 6) is 1.49. The van der Waals surface area contributed by atoms with E-state index in [2.05, 4.69) is 53.8 Å². The lowest BCUT2D eigenvalue weighted by Crippen LogP contribution is -2.36. The van der Waals surface area contributed by atoms with Crippen LogP contribution in [-0.2, 0) is 0 Å². The first-order valence-electron chi connectivity index (χ1n) is 11.9. The van der Waals surface area contributed by atoms with Gasteiger partial charge in [0, 0.05) is 18.5 Å². The zero-order valence-corrected chi connectivity index (χ0v) is 19.9. The predicted molar refractivity (Wildman–Crippen MR) is 134 cm³/mol. The predicted octanol–water partition coefficient (Wildman–Crippen LogP) is 4.98. The number of benzene rings is 3. The third kappa shape index (κ3) is 6.25. The van der Waals surface area contributed by atoms with E-state index in [-0.39, 0.29) is 12.4 Å². The van der Waals surface area contributed by atoms with Gasteiger partial charge < -0.3 is 19.9 Å². The molecule has 0 saturated carbocycles. The topological polar surface area (TPSA) is 67.8 Å². The second-order valence-corrected chi connectivity index (χ2v) is 9.45. The van der Waals surface area contributed by atoms with Gasteiger partial charge in [0.2, 0.25) is 0 Å². The Morgan fingerprint density at radius 1 is 1.00 bits per heavy atom. The molecule has 1 heterocycles. The van der Waals surface area contributed by atoms with E-state index < -0.39 is 11.7 Å². The van der Waals surface area contributed by atoms with Crippen LogP contribution in [0.15, 0.2) is 78.9 Å². The molecule has 0 radical (unpaired) electrons. The van der Waals surface area contributed by atoms with Crippen LogP contribution >= 0.6 is 0 Å². The zero-order chi connectivity index (χ0) is 24.0. The van der Waals surface area contributed by atoms with Gasteiger partial charge in [-0.15, -0.1) is 0 Å². The highest BCUT2D eigenvalue weighted by molar-refractivity contribution is 6.00. The monoisotopic (exact) mass is 459 g/mol. The Bertz CT molecular complexity index is 1040. The van der Waals surface area contributed by atoms with Crippen molar-refractivity contribution in [1.29, 1.82) is 0 Å². The van der Waals surface area contributed by atoms with Gasteiger partial charge in [0.1, 0.15) is 29.8 Å². The Labute approximate surface area is 201 Å². The van der Waals surface area contributed by atoms with E-state index in [4.69, 9.17) is 9.47 Å². The fourth-order valence-electron chi connectivity index (χ4n) is 4.39. The standard InChI is InChI=1S/C29H33NO4/c1-29(2)18-27(32)26-14-13-24(17-28(26)34-29)33-20-23(31)19-30-16-15-25(21-9-5-3-6-10-21)22-11-7-4-8-12-22/h3-14,17,23,25,30-31H,15-16,18-20H2,1-2H3/t23-/m0/s1. The molecular weight excluding hydrogens is 426 g/mol. The number of fused-ring (bicyclic) bond motifs is 1. The highest BCUT2D eigenvalue weighted by Crippen LogP contribution is 2.35.